The van der Waals surface area contributed by atoms with Crippen molar-refractivity contribution in [3.05, 3.63) is 69.8 Å². The molecule has 10 heterocycles. The molecule has 0 saturated carbocycles. The zero-order valence-corrected chi connectivity index (χ0v) is 52.3. The Kier molecular flexibility index (Phi) is 24.0. The Morgan fingerprint density at radius 3 is 1.06 bits per heavy atom. The fraction of sp³-hybridized carbons (Fsp3) is 0.688. The van der Waals surface area contributed by atoms with Crippen LogP contribution in [0.5, 0.6) is 0 Å². The highest BCUT2D eigenvalue weighted by Crippen LogP contribution is 2.35. The number of benzene rings is 2. The number of anilines is 2. The van der Waals surface area contributed by atoms with Gasteiger partial charge in [-0.2, -0.15) is 0 Å². The third-order valence-corrected chi connectivity index (χ3v) is 22.1. The minimum absolute atomic E-state index is 0.0188. The summed E-state index contributed by atoms with van der Waals surface area (Å²) in [7, 11) is -3.30. The minimum atomic E-state index is -3.48. The molecule has 0 atom stereocenters. The van der Waals surface area contributed by atoms with Gasteiger partial charge in [-0.15, -0.1) is 0 Å². The molecule has 0 aliphatic carbocycles. The van der Waals surface area contributed by atoms with Crippen molar-refractivity contribution in [1.82, 2.24) is 19.2 Å². The molecule has 82 heavy (non-hydrogen) atoms. The average molecular weight is 1170 g/mol. The van der Waals surface area contributed by atoms with E-state index in [0.29, 0.717) is 77.5 Å². The molecule has 454 valence electrons. The minimum Gasteiger partial charge on any atom is -0.315 e. The number of piperidine rings is 2. The summed E-state index contributed by atoms with van der Waals surface area (Å²) in [5.41, 5.74) is 6.12. The van der Waals surface area contributed by atoms with Gasteiger partial charge in [-0.3, -0.25) is 29.2 Å². The number of allylic oxidation sites excluding steroid dienone is 2. The van der Waals surface area contributed by atoms with E-state index in [0.717, 1.165) is 140 Å². The predicted molar refractivity (Wildman–Crippen MR) is 332 cm³/mol. The van der Waals surface area contributed by atoms with Crippen molar-refractivity contribution in [3.63, 3.8) is 0 Å². The third kappa shape index (κ3) is 17.6. The van der Waals surface area contributed by atoms with Gasteiger partial charge >= 0.3 is 0 Å². The molecule has 0 aromatic heterocycles. The Morgan fingerprint density at radius 2 is 0.707 bits per heavy atom. The summed E-state index contributed by atoms with van der Waals surface area (Å²) in [5.74, 6) is 1.67. The van der Waals surface area contributed by atoms with Gasteiger partial charge < -0.3 is 20.4 Å². The lowest BCUT2D eigenvalue weighted by Gasteiger charge is -2.34. The second kappa shape index (κ2) is 30.3. The van der Waals surface area contributed by atoms with Crippen LogP contribution >= 0.6 is 0 Å². The maximum Gasteiger partial charge on any atom is 0.253 e. The summed E-state index contributed by atoms with van der Waals surface area (Å²) in [5, 5.41) is 5.98. The Bertz CT molecular complexity index is 2820. The number of nitrogens with zero attached hydrogens (tertiary/aromatic N) is 6. The van der Waals surface area contributed by atoms with Gasteiger partial charge in [0.2, 0.25) is 31.9 Å². The van der Waals surface area contributed by atoms with Crippen molar-refractivity contribution in [3.8, 4) is 0 Å². The van der Waals surface area contributed by atoms with Crippen LogP contribution in [0.1, 0.15) is 213 Å². The highest BCUT2D eigenvalue weighted by molar-refractivity contribution is 7.89. The largest absolute Gasteiger partial charge is 0.315 e. The van der Waals surface area contributed by atoms with E-state index in [9.17, 15) is 36.0 Å². The Balaban J connectivity index is 0.000000236. The molecule has 2 aromatic rings. The van der Waals surface area contributed by atoms with Crippen molar-refractivity contribution < 1.29 is 36.0 Å². The lowest BCUT2D eigenvalue weighted by atomic mass is 9.89. The topological polar surface area (TPSA) is 198 Å². The molecule has 2 fully saturated rings. The van der Waals surface area contributed by atoms with Gasteiger partial charge in [-0.05, 0) is 175 Å². The molecule has 2 N–H and O–H groups in total. The molecular formula is C64H98N8O8S2. The van der Waals surface area contributed by atoms with Gasteiger partial charge in [-0.1, -0.05) is 89.2 Å². The zero-order chi connectivity index (χ0) is 58.9. The highest BCUT2D eigenvalue weighted by Gasteiger charge is 2.48. The summed E-state index contributed by atoms with van der Waals surface area (Å²) in [6, 6.07) is 7.99. The van der Waals surface area contributed by atoms with E-state index >= 15 is 0 Å². The van der Waals surface area contributed by atoms with Crippen molar-refractivity contribution in [1.29, 1.82) is 0 Å². The van der Waals surface area contributed by atoms with E-state index in [2.05, 4.69) is 22.8 Å². The van der Waals surface area contributed by atoms with E-state index in [4.69, 9.17) is 9.98 Å². The molecule has 10 bridgehead atoms. The van der Waals surface area contributed by atoms with Crippen molar-refractivity contribution in [2.45, 2.75) is 231 Å². The van der Waals surface area contributed by atoms with E-state index in [1.807, 2.05) is 66.1 Å². The number of sulfonamides is 2. The number of amides is 4. The number of amidine groups is 2. The first-order valence-electron chi connectivity index (χ1n) is 31.4. The van der Waals surface area contributed by atoms with Gasteiger partial charge in [0.05, 0.1) is 11.5 Å². The van der Waals surface area contributed by atoms with Crippen LogP contribution in [-0.2, 0) is 52.1 Å². The lowest BCUT2D eigenvalue weighted by Crippen LogP contribution is -2.50. The van der Waals surface area contributed by atoms with Crippen LogP contribution in [0.25, 0.3) is 0 Å². The monoisotopic (exact) mass is 1170 g/mol. The standard InChI is InChI=1S/C32H50N4O4S.C32H48N4O4S/c2*1-25-23-27-24-26(2)28(25)17-22-41(39,40)36-20-18-32(19-21-36)31(38)33-29(34-32)15-13-11-9-7-5-4-6-8-10-12-14-16-30(37)35(27)3/h23-24H,4-22H2,1-3H3,(H,33,34,38);5,7,23-24H,4,6,8-22H2,1-3H3,(H,33,34,38)/b;7-5+. The highest BCUT2D eigenvalue weighted by atomic mass is 32.2. The Labute approximate surface area is 492 Å². The molecule has 10 aliphatic rings. The molecular weight excluding hydrogens is 1070 g/mol. The molecule has 2 saturated heterocycles. The van der Waals surface area contributed by atoms with E-state index in [-0.39, 0.29) is 35.1 Å². The molecule has 0 unspecified atom stereocenters. The molecule has 12 rings (SSSR count). The Hall–Kier alpha value is -4.78. The summed E-state index contributed by atoms with van der Waals surface area (Å²) in [4.78, 5) is 64.6. The SMILES string of the molecule is Cc1cc2cc(C)c1CCS(=O)(=O)N1CCC3(CC1)N=C(CCCC/C=C/CCCCCCCC(=O)N2C)NC3=O.Cc1cc2cc(C)c1CCS(=O)(=O)N1CCC3(CC1)N=C(CCCCCCCCCCCCCC(=O)N2C)NC3=O. The van der Waals surface area contributed by atoms with E-state index in [1.54, 1.807) is 14.1 Å². The van der Waals surface area contributed by atoms with Gasteiger partial charge in [0.1, 0.15) is 22.7 Å². The summed E-state index contributed by atoms with van der Waals surface area (Å²) < 4.78 is 56.3. The molecule has 4 amide bonds. The first-order valence-corrected chi connectivity index (χ1v) is 34.6. The zero-order valence-electron chi connectivity index (χ0n) is 50.7. The number of carbonyl (C=O) groups is 4. The number of rotatable bonds is 0. The number of hydrogen-bond acceptors (Lipinski definition) is 10. The van der Waals surface area contributed by atoms with Crippen LogP contribution < -0.4 is 20.4 Å². The van der Waals surface area contributed by atoms with Gasteiger partial charge in [-0.25, -0.2) is 25.4 Å². The second-order valence-electron chi connectivity index (χ2n) is 24.5. The first kappa shape index (κ1) is 64.8. The maximum atomic E-state index is 13.3. The van der Waals surface area contributed by atoms with Crippen molar-refractivity contribution >= 4 is 66.7 Å². The lowest BCUT2D eigenvalue weighted by molar-refractivity contribution is -0.125. The van der Waals surface area contributed by atoms with Crippen LogP contribution in [0.2, 0.25) is 0 Å². The van der Waals surface area contributed by atoms with Gasteiger partial charge in [0, 0.05) is 77.3 Å². The van der Waals surface area contributed by atoms with E-state index < -0.39 is 31.1 Å². The smallest absolute Gasteiger partial charge is 0.253 e. The van der Waals surface area contributed by atoms with Crippen molar-refractivity contribution in [2.24, 2.45) is 9.98 Å². The van der Waals surface area contributed by atoms with E-state index in [1.165, 1.54) is 62.1 Å². The molecule has 2 spiro atoms. The quantitative estimate of drug-likeness (QED) is 0.243. The molecule has 16 nitrogen and oxygen atoms in total. The normalized spacial score (nSPS) is 27.8. The number of fused-ring (bicyclic) bond motifs is 4. The fourth-order valence-corrected chi connectivity index (χ4v) is 15.7. The fourth-order valence-electron chi connectivity index (χ4n) is 12.8. The molecule has 0 radical (unpaired) electrons. The number of hydrogen-bond donors (Lipinski definition) is 2. The second-order valence-corrected chi connectivity index (χ2v) is 28.6. The average Bonchev–Trinajstić information content (AvgIpc) is 3.97. The van der Waals surface area contributed by atoms with Crippen LogP contribution in [0.4, 0.5) is 11.4 Å². The van der Waals surface area contributed by atoms with Gasteiger partial charge in [0.25, 0.3) is 11.8 Å². The number of aryl methyl sites for hydroxylation is 4. The molecule has 2 aromatic carbocycles. The maximum absolute atomic E-state index is 13.3. The predicted octanol–water partition coefficient (Wildman–Crippen LogP) is 10.9. The summed E-state index contributed by atoms with van der Waals surface area (Å²) in [6.45, 7) is 9.21. The third-order valence-electron chi connectivity index (χ3n) is 18.3. The summed E-state index contributed by atoms with van der Waals surface area (Å²) >= 11 is 0. The van der Waals surface area contributed by atoms with Crippen LogP contribution in [0.15, 0.2) is 46.4 Å². The number of nitrogens with one attached hydrogen (secondary N) is 2. The van der Waals surface area contributed by atoms with Gasteiger partial charge in [0.15, 0.2) is 0 Å². The van der Waals surface area contributed by atoms with Crippen LogP contribution in [0.3, 0.4) is 0 Å². The molecule has 18 heteroatoms. The van der Waals surface area contributed by atoms with Crippen LogP contribution in [-0.4, -0.2) is 124 Å². The molecule has 10 aliphatic heterocycles. The number of carbonyl (C=O) groups excluding carboxylic acids is 4. The van der Waals surface area contributed by atoms with Crippen molar-refractivity contribution in [2.75, 3.05) is 61.6 Å². The van der Waals surface area contributed by atoms with Crippen LogP contribution in [0, 0.1) is 27.7 Å². The Morgan fingerprint density at radius 1 is 0.415 bits per heavy atom. The number of aliphatic imine (C=N–C) groups is 2. The summed E-state index contributed by atoms with van der Waals surface area (Å²) in [6.07, 6.45) is 32.1. The first-order chi connectivity index (χ1) is 39.2.